The molecule has 4 heteroatoms. The minimum absolute atomic E-state index is 0.186. The summed E-state index contributed by atoms with van der Waals surface area (Å²) in [6, 6.07) is 5.49. The summed E-state index contributed by atoms with van der Waals surface area (Å²) < 4.78 is 9.88. The van der Waals surface area contributed by atoms with E-state index in [9.17, 15) is 4.79 Å². The summed E-state index contributed by atoms with van der Waals surface area (Å²) in [5, 5.41) is 0.559. The van der Waals surface area contributed by atoms with Gasteiger partial charge in [-0.25, -0.2) is 0 Å². The first-order chi connectivity index (χ1) is 7.67. The van der Waals surface area contributed by atoms with Crippen LogP contribution in [0.4, 0.5) is 0 Å². The van der Waals surface area contributed by atoms with Crippen molar-refractivity contribution in [1.82, 2.24) is 0 Å². The quantitative estimate of drug-likeness (QED) is 0.745. The summed E-state index contributed by atoms with van der Waals surface area (Å²) in [6.45, 7) is 2.21. The Hall–Kier alpha value is -1.22. The second kappa shape index (κ2) is 6.38. The number of carbonyl (C=O) groups excluding carboxylic acids is 1. The molecule has 0 atom stereocenters. The average molecular weight is 243 g/mol. The van der Waals surface area contributed by atoms with Crippen LogP contribution in [-0.2, 0) is 16.0 Å². The van der Waals surface area contributed by atoms with Crippen molar-refractivity contribution in [3.63, 3.8) is 0 Å². The lowest BCUT2D eigenvalue weighted by molar-refractivity contribution is -0.143. The van der Waals surface area contributed by atoms with Crippen molar-refractivity contribution < 1.29 is 14.3 Å². The molecule has 0 unspecified atom stereocenters. The highest BCUT2D eigenvalue weighted by Crippen LogP contribution is 2.25. The first-order valence-electron chi connectivity index (χ1n) is 5.15. The maximum Gasteiger partial charge on any atom is 0.306 e. The molecule has 0 aliphatic rings. The van der Waals surface area contributed by atoms with Crippen molar-refractivity contribution in [2.45, 2.75) is 19.8 Å². The van der Waals surface area contributed by atoms with Gasteiger partial charge < -0.3 is 9.47 Å². The zero-order chi connectivity index (χ0) is 12.0. The van der Waals surface area contributed by atoms with E-state index in [0.29, 0.717) is 30.2 Å². The first kappa shape index (κ1) is 12.8. The summed E-state index contributed by atoms with van der Waals surface area (Å²) in [5.41, 5.74) is 0.999. The van der Waals surface area contributed by atoms with Crippen LogP contribution >= 0.6 is 11.6 Å². The van der Waals surface area contributed by atoms with Crippen molar-refractivity contribution in [1.29, 1.82) is 0 Å². The highest BCUT2D eigenvalue weighted by molar-refractivity contribution is 6.32. The summed E-state index contributed by atoms with van der Waals surface area (Å²) >= 11 is 5.96. The van der Waals surface area contributed by atoms with Gasteiger partial charge in [-0.05, 0) is 31.0 Å². The number of halogens is 1. The molecule has 0 aromatic heterocycles. The third-order valence-corrected chi connectivity index (χ3v) is 2.43. The molecule has 1 aromatic carbocycles. The zero-order valence-electron chi connectivity index (χ0n) is 9.46. The molecule has 0 spiro atoms. The summed E-state index contributed by atoms with van der Waals surface area (Å²) in [7, 11) is 1.57. The van der Waals surface area contributed by atoms with Gasteiger partial charge in [-0.15, -0.1) is 0 Å². The van der Waals surface area contributed by atoms with Crippen molar-refractivity contribution in [2.24, 2.45) is 0 Å². The fourth-order valence-electron chi connectivity index (χ4n) is 1.34. The van der Waals surface area contributed by atoms with E-state index in [1.807, 2.05) is 6.07 Å². The number of rotatable bonds is 5. The number of carbonyl (C=O) groups is 1. The van der Waals surface area contributed by atoms with Crippen molar-refractivity contribution in [3.05, 3.63) is 28.8 Å². The third-order valence-electron chi connectivity index (χ3n) is 2.14. The van der Waals surface area contributed by atoms with Gasteiger partial charge in [0.2, 0.25) is 0 Å². The molecular weight excluding hydrogens is 228 g/mol. The van der Waals surface area contributed by atoms with E-state index in [4.69, 9.17) is 21.1 Å². The lowest BCUT2D eigenvalue weighted by Gasteiger charge is -2.06. The topological polar surface area (TPSA) is 35.5 Å². The smallest absolute Gasteiger partial charge is 0.306 e. The Balaban J connectivity index is 2.55. The zero-order valence-corrected chi connectivity index (χ0v) is 10.2. The Labute approximate surface area is 100 Å². The molecule has 0 saturated carbocycles. The summed E-state index contributed by atoms with van der Waals surface area (Å²) in [5.74, 6) is 0.455. The monoisotopic (exact) mass is 242 g/mol. The predicted octanol–water partition coefficient (Wildman–Crippen LogP) is 2.84. The van der Waals surface area contributed by atoms with Crippen LogP contribution in [0.3, 0.4) is 0 Å². The molecule has 3 nitrogen and oxygen atoms in total. The van der Waals surface area contributed by atoms with Crippen molar-refractivity contribution >= 4 is 17.6 Å². The number of esters is 1. The third kappa shape index (κ3) is 3.74. The minimum atomic E-state index is -0.186. The van der Waals surface area contributed by atoms with E-state index in [1.54, 1.807) is 26.2 Å². The Morgan fingerprint density at radius 2 is 2.19 bits per heavy atom. The summed E-state index contributed by atoms with van der Waals surface area (Å²) in [6.07, 6.45) is 0.999. The second-order valence-electron chi connectivity index (χ2n) is 3.27. The molecule has 0 saturated heterocycles. The Bertz CT molecular complexity index is 363. The van der Waals surface area contributed by atoms with E-state index in [-0.39, 0.29) is 5.97 Å². The molecule has 1 rings (SSSR count). The van der Waals surface area contributed by atoms with E-state index < -0.39 is 0 Å². The highest BCUT2D eigenvalue weighted by atomic mass is 35.5. The largest absolute Gasteiger partial charge is 0.495 e. The molecule has 0 heterocycles. The molecule has 0 amide bonds. The van der Waals surface area contributed by atoms with Crippen LogP contribution in [0.1, 0.15) is 18.9 Å². The van der Waals surface area contributed by atoms with Gasteiger partial charge in [0, 0.05) is 6.42 Å². The van der Waals surface area contributed by atoms with Gasteiger partial charge >= 0.3 is 5.97 Å². The molecule has 0 aliphatic heterocycles. The second-order valence-corrected chi connectivity index (χ2v) is 3.68. The van der Waals surface area contributed by atoms with E-state index in [1.165, 1.54) is 0 Å². The normalized spacial score (nSPS) is 9.94. The number of hydrogen-bond acceptors (Lipinski definition) is 3. The van der Waals surface area contributed by atoms with E-state index >= 15 is 0 Å². The fraction of sp³-hybridized carbons (Fsp3) is 0.417. The number of benzene rings is 1. The van der Waals surface area contributed by atoms with Gasteiger partial charge in [-0.3, -0.25) is 4.79 Å². The molecule has 0 radical (unpaired) electrons. The van der Waals surface area contributed by atoms with Gasteiger partial charge in [-0.2, -0.15) is 0 Å². The molecule has 0 N–H and O–H groups in total. The molecule has 0 bridgehead atoms. The van der Waals surface area contributed by atoms with Crippen molar-refractivity contribution in [3.8, 4) is 5.75 Å². The molecular formula is C12H15ClO3. The van der Waals surface area contributed by atoms with Crippen molar-refractivity contribution in [2.75, 3.05) is 13.7 Å². The average Bonchev–Trinajstić information content (AvgIpc) is 2.27. The van der Waals surface area contributed by atoms with Gasteiger partial charge in [0.25, 0.3) is 0 Å². The molecule has 0 fully saturated rings. The molecule has 1 aromatic rings. The van der Waals surface area contributed by atoms with E-state index in [0.717, 1.165) is 5.56 Å². The molecule has 88 valence electrons. The van der Waals surface area contributed by atoms with Gasteiger partial charge in [0.15, 0.2) is 0 Å². The summed E-state index contributed by atoms with van der Waals surface area (Å²) in [4.78, 5) is 11.1. The number of hydrogen-bond donors (Lipinski definition) is 0. The van der Waals surface area contributed by atoms with Crippen LogP contribution in [0.15, 0.2) is 18.2 Å². The highest BCUT2D eigenvalue weighted by Gasteiger charge is 2.05. The Kier molecular flexibility index (Phi) is 5.12. The molecule has 16 heavy (non-hydrogen) atoms. The van der Waals surface area contributed by atoms with Gasteiger partial charge in [0.05, 0.1) is 18.7 Å². The van der Waals surface area contributed by atoms with Gasteiger partial charge in [0.1, 0.15) is 5.75 Å². The van der Waals surface area contributed by atoms with Crippen LogP contribution in [0, 0.1) is 0 Å². The van der Waals surface area contributed by atoms with Gasteiger partial charge in [-0.1, -0.05) is 17.7 Å². The lowest BCUT2D eigenvalue weighted by atomic mass is 10.1. The van der Waals surface area contributed by atoms with Crippen LogP contribution in [0.25, 0.3) is 0 Å². The minimum Gasteiger partial charge on any atom is -0.495 e. The maximum absolute atomic E-state index is 11.1. The number of methoxy groups -OCH3 is 1. The maximum atomic E-state index is 11.1. The molecule has 0 aliphatic carbocycles. The standard InChI is InChI=1S/C12H15ClO3/c1-3-16-12(14)7-5-9-4-6-11(15-2)10(13)8-9/h4,6,8H,3,5,7H2,1-2H3. The number of aryl methyl sites for hydroxylation is 1. The van der Waals surface area contributed by atoms with Crippen LogP contribution < -0.4 is 4.74 Å². The van der Waals surface area contributed by atoms with Crippen LogP contribution in [0.2, 0.25) is 5.02 Å². The lowest BCUT2D eigenvalue weighted by Crippen LogP contribution is -2.05. The van der Waals surface area contributed by atoms with Crippen LogP contribution in [-0.4, -0.2) is 19.7 Å². The number of ether oxygens (including phenoxy) is 2. The fourth-order valence-corrected chi connectivity index (χ4v) is 1.63. The first-order valence-corrected chi connectivity index (χ1v) is 5.53. The SMILES string of the molecule is CCOC(=O)CCc1ccc(OC)c(Cl)c1. The Morgan fingerprint density at radius 1 is 1.44 bits per heavy atom. The van der Waals surface area contributed by atoms with Crippen LogP contribution in [0.5, 0.6) is 5.75 Å². The van der Waals surface area contributed by atoms with E-state index in [2.05, 4.69) is 0 Å². The Morgan fingerprint density at radius 3 is 2.75 bits per heavy atom. The predicted molar refractivity (Wildman–Crippen MR) is 63.0 cm³/mol.